The zero-order valence-electron chi connectivity index (χ0n) is 14.3. The van der Waals surface area contributed by atoms with Crippen molar-refractivity contribution >= 4 is 0 Å². The van der Waals surface area contributed by atoms with E-state index in [2.05, 4.69) is 69.2 Å². The fraction of sp³-hybridized carbons (Fsp3) is 1.00. The second-order valence-electron chi connectivity index (χ2n) is 6.70. The van der Waals surface area contributed by atoms with Crippen molar-refractivity contribution in [2.24, 2.45) is 11.8 Å². The first-order valence-corrected chi connectivity index (χ1v) is 7.28. The summed E-state index contributed by atoms with van der Waals surface area (Å²) in [6, 6.07) is 0. The molecule has 0 aliphatic carbocycles. The molecule has 0 heterocycles. The molecule has 0 radical (unpaired) electrons. The molecule has 0 unspecified atom stereocenters. The predicted molar refractivity (Wildman–Crippen MR) is 81.1 cm³/mol. The van der Waals surface area contributed by atoms with Crippen LogP contribution in [0.25, 0.3) is 0 Å². The summed E-state index contributed by atoms with van der Waals surface area (Å²) in [6.45, 7) is 22.1. The van der Waals surface area contributed by atoms with E-state index in [1.54, 1.807) is 0 Å². The van der Waals surface area contributed by atoms with Gasteiger partial charge in [0.1, 0.15) is 0 Å². The molecule has 0 aliphatic heterocycles. The van der Waals surface area contributed by atoms with Gasteiger partial charge in [-0.15, -0.1) is 0 Å². The quantitative estimate of drug-likeness (QED) is 0.675. The van der Waals surface area contributed by atoms with Crippen molar-refractivity contribution in [1.82, 2.24) is 0 Å². The van der Waals surface area contributed by atoms with E-state index in [0.717, 1.165) is 6.61 Å². The summed E-state index contributed by atoms with van der Waals surface area (Å²) in [5.74, 6) is 1.24. The molecule has 0 saturated heterocycles. The lowest BCUT2D eigenvalue weighted by Gasteiger charge is -2.31. The highest BCUT2D eigenvalue weighted by molar-refractivity contribution is 4.73. The SMILES string of the molecule is CC(C)COC(C)C.CC(C)OC(C)(C)C(C)C. The van der Waals surface area contributed by atoms with E-state index in [-0.39, 0.29) is 5.60 Å². The minimum absolute atomic E-state index is 0.0220. The Bertz CT molecular complexity index is 174. The van der Waals surface area contributed by atoms with Gasteiger partial charge in [0.05, 0.1) is 17.8 Å². The zero-order valence-corrected chi connectivity index (χ0v) is 14.3. The Morgan fingerprint density at radius 2 is 1.22 bits per heavy atom. The minimum atomic E-state index is 0.0220. The fourth-order valence-corrected chi connectivity index (χ4v) is 1.13. The van der Waals surface area contributed by atoms with Crippen molar-refractivity contribution < 1.29 is 9.47 Å². The Kier molecular flexibility index (Phi) is 11.0. The normalized spacial score (nSPS) is 12.3. The largest absolute Gasteiger partial charge is 0.379 e. The van der Waals surface area contributed by atoms with Gasteiger partial charge in [-0.25, -0.2) is 0 Å². The summed E-state index contributed by atoms with van der Waals surface area (Å²) in [5.41, 5.74) is 0.0220. The molecule has 112 valence electrons. The molecule has 0 rings (SSSR count). The van der Waals surface area contributed by atoms with Crippen LogP contribution in [0.3, 0.4) is 0 Å². The molecule has 0 aromatic carbocycles. The first-order valence-electron chi connectivity index (χ1n) is 7.28. The second kappa shape index (κ2) is 9.80. The van der Waals surface area contributed by atoms with E-state index in [1.165, 1.54) is 0 Å². The van der Waals surface area contributed by atoms with E-state index in [1.807, 2.05) is 0 Å². The lowest BCUT2D eigenvalue weighted by molar-refractivity contribution is -0.0835. The van der Waals surface area contributed by atoms with Crippen LogP contribution in [0.4, 0.5) is 0 Å². The second-order valence-corrected chi connectivity index (χ2v) is 6.70. The highest BCUT2D eigenvalue weighted by Gasteiger charge is 2.23. The summed E-state index contributed by atoms with van der Waals surface area (Å²) in [7, 11) is 0. The van der Waals surface area contributed by atoms with Crippen LogP contribution in [0.15, 0.2) is 0 Å². The van der Waals surface area contributed by atoms with Gasteiger partial charge in [0, 0.05) is 6.61 Å². The third-order valence-electron chi connectivity index (χ3n) is 2.69. The Balaban J connectivity index is 0. The van der Waals surface area contributed by atoms with E-state index < -0.39 is 0 Å². The monoisotopic (exact) mass is 260 g/mol. The first-order chi connectivity index (χ1) is 7.99. The lowest BCUT2D eigenvalue weighted by atomic mass is 9.94. The average molecular weight is 260 g/mol. The predicted octanol–water partition coefficient (Wildman–Crippen LogP) is 4.91. The standard InChI is InChI=1S/C9H20O.C7H16O/c1-7(2)9(5,6)10-8(3)4;1-6(2)5-8-7(3)4/h7-8H,1-6H3;6-7H,5H2,1-4H3. The van der Waals surface area contributed by atoms with Gasteiger partial charge >= 0.3 is 0 Å². The van der Waals surface area contributed by atoms with Crippen LogP contribution in [0, 0.1) is 11.8 Å². The van der Waals surface area contributed by atoms with Gasteiger partial charge in [-0.3, -0.25) is 0 Å². The van der Waals surface area contributed by atoms with Crippen molar-refractivity contribution in [2.45, 2.75) is 87.0 Å². The van der Waals surface area contributed by atoms with E-state index in [4.69, 9.17) is 9.47 Å². The molecule has 0 bridgehead atoms. The topological polar surface area (TPSA) is 18.5 Å². The van der Waals surface area contributed by atoms with Gasteiger partial charge in [-0.1, -0.05) is 27.7 Å². The molecule has 0 spiro atoms. The van der Waals surface area contributed by atoms with Gasteiger partial charge in [-0.05, 0) is 53.4 Å². The molecule has 0 aliphatic rings. The Morgan fingerprint density at radius 3 is 1.33 bits per heavy atom. The van der Waals surface area contributed by atoms with Crippen LogP contribution >= 0.6 is 0 Å². The van der Waals surface area contributed by atoms with Crippen molar-refractivity contribution in [3.05, 3.63) is 0 Å². The molecule has 0 atom stereocenters. The van der Waals surface area contributed by atoms with Gasteiger partial charge in [0.25, 0.3) is 0 Å². The molecule has 0 amide bonds. The number of ether oxygens (including phenoxy) is 2. The van der Waals surface area contributed by atoms with Crippen LogP contribution in [-0.4, -0.2) is 24.4 Å². The van der Waals surface area contributed by atoms with Gasteiger partial charge in [-0.2, -0.15) is 0 Å². The molecule has 0 aromatic heterocycles. The molecule has 0 saturated carbocycles. The summed E-state index contributed by atoms with van der Waals surface area (Å²) in [5, 5.41) is 0. The highest BCUT2D eigenvalue weighted by Crippen LogP contribution is 2.21. The maximum atomic E-state index is 5.70. The average Bonchev–Trinajstić information content (AvgIpc) is 2.13. The molecular formula is C16H36O2. The van der Waals surface area contributed by atoms with Crippen molar-refractivity contribution in [3.63, 3.8) is 0 Å². The summed E-state index contributed by atoms with van der Waals surface area (Å²) in [6.07, 6.45) is 0.717. The van der Waals surface area contributed by atoms with Crippen molar-refractivity contribution in [1.29, 1.82) is 0 Å². The summed E-state index contributed by atoms with van der Waals surface area (Å²) >= 11 is 0. The maximum Gasteiger partial charge on any atom is 0.0652 e. The summed E-state index contributed by atoms with van der Waals surface area (Å²) < 4.78 is 11.0. The van der Waals surface area contributed by atoms with Crippen molar-refractivity contribution in [3.8, 4) is 0 Å². The zero-order chi connectivity index (χ0) is 14.9. The van der Waals surface area contributed by atoms with E-state index in [0.29, 0.717) is 24.0 Å². The molecule has 0 N–H and O–H groups in total. The number of rotatable bonds is 6. The van der Waals surface area contributed by atoms with Gasteiger partial charge in [0.15, 0.2) is 0 Å². The fourth-order valence-electron chi connectivity index (χ4n) is 1.13. The van der Waals surface area contributed by atoms with Crippen LogP contribution in [0.2, 0.25) is 0 Å². The molecule has 18 heavy (non-hydrogen) atoms. The third kappa shape index (κ3) is 14.0. The van der Waals surface area contributed by atoms with E-state index >= 15 is 0 Å². The van der Waals surface area contributed by atoms with E-state index in [9.17, 15) is 0 Å². The minimum Gasteiger partial charge on any atom is -0.379 e. The van der Waals surface area contributed by atoms with Crippen LogP contribution in [0.1, 0.15) is 69.2 Å². The molecular weight excluding hydrogens is 224 g/mol. The van der Waals surface area contributed by atoms with Crippen LogP contribution in [-0.2, 0) is 9.47 Å². The van der Waals surface area contributed by atoms with Crippen molar-refractivity contribution in [2.75, 3.05) is 6.61 Å². The van der Waals surface area contributed by atoms with Gasteiger partial charge < -0.3 is 9.47 Å². The highest BCUT2D eigenvalue weighted by atomic mass is 16.5. The summed E-state index contributed by atoms with van der Waals surface area (Å²) in [4.78, 5) is 0. The molecule has 2 heteroatoms. The smallest absolute Gasteiger partial charge is 0.0652 e. The molecule has 0 aromatic rings. The Morgan fingerprint density at radius 1 is 0.778 bits per heavy atom. The molecule has 0 fully saturated rings. The van der Waals surface area contributed by atoms with Crippen LogP contribution in [0.5, 0.6) is 0 Å². The first kappa shape index (κ1) is 20.2. The molecule has 2 nitrogen and oxygen atoms in total. The van der Waals surface area contributed by atoms with Crippen LogP contribution < -0.4 is 0 Å². The maximum absolute atomic E-state index is 5.70. The number of hydrogen-bond donors (Lipinski definition) is 0. The Hall–Kier alpha value is -0.0800. The Labute approximate surface area is 115 Å². The third-order valence-corrected chi connectivity index (χ3v) is 2.69. The number of hydrogen-bond acceptors (Lipinski definition) is 2. The lowest BCUT2D eigenvalue weighted by Crippen LogP contribution is -2.33. The van der Waals surface area contributed by atoms with Gasteiger partial charge in [0.2, 0.25) is 0 Å².